The van der Waals surface area contributed by atoms with Gasteiger partial charge in [0, 0.05) is 18.6 Å². The second-order valence-electron chi connectivity index (χ2n) is 6.90. The highest BCUT2D eigenvalue weighted by atomic mass is 15.2. The molecule has 1 unspecified atom stereocenters. The lowest BCUT2D eigenvalue weighted by Crippen LogP contribution is -2.57. The lowest BCUT2D eigenvalue weighted by Gasteiger charge is -2.50. The van der Waals surface area contributed by atoms with E-state index in [4.69, 9.17) is 5.73 Å². The summed E-state index contributed by atoms with van der Waals surface area (Å²) in [7, 11) is 2.26. The smallest absolute Gasteiger partial charge is 0.0333 e. The quantitative estimate of drug-likeness (QED) is 0.798. The summed E-state index contributed by atoms with van der Waals surface area (Å²) in [6, 6.07) is 0. The molecule has 1 saturated carbocycles. The zero-order chi connectivity index (χ0) is 12.4. The monoisotopic (exact) mass is 226 g/mol. The molecule has 96 valence electrons. The van der Waals surface area contributed by atoms with Crippen molar-refractivity contribution in [2.24, 2.45) is 17.1 Å². The van der Waals surface area contributed by atoms with Crippen LogP contribution in [0.1, 0.15) is 53.4 Å². The van der Waals surface area contributed by atoms with Crippen molar-refractivity contribution in [2.45, 2.75) is 58.9 Å². The number of nitrogens with two attached hydrogens (primary N) is 1. The van der Waals surface area contributed by atoms with Gasteiger partial charge in [0.2, 0.25) is 0 Å². The Hall–Kier alpha value is -0.0800. The van der Waals surface area contributed by atoms with Gasteiger partial charge in [-0.2, -0.15) is 0 Å². The molecule has 0 amide bonds. The van der Waals surface area contributed by atoms with Crippen LogP contribution in [0.5, 0.6) is 0 Å². The Morgan fingerprint density at radius 1 is 1.25 bits per heavy atom. The summed E-state index contributed by atoms with van der Waals surface area (Å²) in [5.41, 5.74) is 6.81. The predicted octanol–water partition coefficient (Wildman–Crippen LogP) is 2.87. The SMILES string of the molecule is CC(C)CN(C)C1(CN)CCCC(C)(C)C1. The minimum absolute atomic E-state index is 0.256. The van der Waals surface area contributed by atoms with Gasteiger partial charge < -0.3 is 5.73 Å². The van der Waals surface area contributed by atoms with Crippen LogP contribution in [0.2, 0.25) is 0 Å². The zero-order valence-corrected chi connectivity index (χ0v) is 11.8. The minimum atomic E-state index is 0.256. The molecule has 0 heterocycles. The summed E-state index contributed by atoms with van der Waals surface area (Å²) < 4.78 is 0. The van der Waals surface area contributed by atoms with E-state index in [1.807, 2.05) is 0 Å². The fourth-order valence-corrected chi connectivity index (χ4v) is 3.36. The van der Waals surface area contributed by atoms with E-state index < -0.39 is 0 Å². The number of nitrogens with zero attached hydrogens (tertiary/aromatic N) is 1. The Balaban J connectivity index is 2.76. The van der Waals surface area contributed by atoms with Crippen molar-refractivity contribution < 1.29 is 0 Å². The second-order valence-corrected chi connectivity index (χ2v) is 6.90. The van der Waals surface area contributed by atoms with E-state index in [0.717, 1.165) is 19.0 Å². The van der Waals surface area contributed by atoms with E-state index in [0.29, 0.717) is 5.41 Å². The highest BCUT2D eigenvalue weighted by molar-refractivity contribution is 4.98. The summed E-state index contributed by atoms with van der Waals surface area (Å²) in [4.78, 5) is 2.53. The first kappa shape index (κ1) is 14.0. The Bertz CT molecular complexity index is 223. The highest BCUT2D eigenvalue weighted by Gasteiger charge is 2.41. The first-order valence-electron chi connectivity index (χ1n) is 6.73. The maximum atomic E-state index is 6.09. The average Bonchev–Trinajstić information content (AvgIpc) is 2.14. The Morgan fingerprint density at radius 2 is 1.88 bits per heavy atom. The van der Waals surface area contributed by atoms with Gasteiger partial charge >= 0.3 is 0 Å². The Labute approximate surface area is 102 Å². The van der Waals surface area contributed by atoms with Crippen molar-refractivity contribution in [1.29, 1.82) is 0 Å². The molecule has 0 aromatic heterocycles. The van der Waals surface area contributed by atoms with Gasteiger partial charge in [-0.05, 0) is 37.6 Å². The maximum Gasteiger partial charge on any atom is 0.0333 e. The predicted molar refractivity (Wildman–Crippen MR) is 71.5 cm³/mol. The van der Waals surface area contributed by atoms with Crippen LogP contribution in [0, 0.1) is 11.3 Å². The third-order valence-electron chi connectivity index (χ3n) is 4.13. The van der Waals surface area contributed by atoms with Crippen LogP contribution >= 0.6 is 0 Å². The van der Waals surface area contributed by atoms with Crippen LogP contribution in [0.4, 0.5) is 0 Å². The van der Waals surface area contributed by atoms with Crippen molar-refractivity contribution in [1.82, 2.24) is 4.90 Å². The number of hydrogen-bond donors (Lipinski definition) is 1. The molecule has 0 saturated heterocycles. The van der Waals surface area contributed by atoms with Crippen LogP contribution < -0.4 is 5.73 Å². The normalized spacial score (nSPS) is 30.0. The van der Waals surface area contributed by atoms with E-state index in [1.54, 1.807) is 0 Å². The fraction of sp³-hybridized carbons (Fsp3) is 1.00. The molecule has 2 heteroatoms. The molecule has 0 radical (unpaired) electrons. The molecule has 0 bridgehead atoms. The molecule has 1 fully saturated rings. The molecule has 1 atom stereocenters. The van der Waals surface area contributed by atoms with E-state index in [-0.39, 0.29) is 5.54 Å². The molecule has 1 aliphatic carbocycles. The first-order chi connectivity index (χ1) is 7.31. The molecular formula is C14H30N2. The summed E-state index contributed by atoms with van der Waals surface area (Å²) >= 11 is 0. The van der Waals surface area contributed by atoms with E-state index in [2.05, 4.69) is 39.6 Å². The van der Waals surface area contributed by atoms with E-state index in [9.17, 15) is 0 Å². The molecular weight excluding hydrogens is 196 g/mol. The van der Waals surface area contributed by atoms with Crippen LogP contribution in [0.25, 0.3) is 0 Å². The fourth-order valence-electron chi connectivity index (χ4n) is 3.36. The van der Waals surface area contributed by atoms with Gasteiger partial charge in [-0.15, -0.1) is 0 Å². The highest BCUT2D eigenvalue weighted by Crippen LogP contribution is 2.43. The summed E-state index contributed by atoms with van der Waals surface area (Å²) in [5, 5.41) is 0. The number of rotatable bonds is 4. The summed E-state index contributed by atoms with van der Waals surface area (Å²) in [6.07, 6.45) is 5.20. The second kappa shape index (κ2) is 5.05. The van der Waals surface area contributed by atoms with Crippen molar-refractivity contribution in [3.63, 3.8) is 0 Å². The molecule has 2 nitrogen and oxygen atoms in total. The zero-order valence-electron chi connectivity index (χ0n) is 11.8. The minimum Gasteiger partial charge on any atom is -0.329 e. The number of likely N-dealkylation sites (N-methyl/N-ethyl adjacent to an activating group) is 1. The van der Waals surface area contributed by atoms with Gasteiger partial charge in [-0.3, -0.25) is 4.90 Å². The van der Waals surface area contributed by atoms with Gasteiger partial charge in [-0.25, -0.2) is 0 Å². The lowest BCUT2D eigenvalue weighted by atomic mass is 9.67. The largest absolute Gasteiger partial charge is 0.329 e. The van der Waals surface area contributed by atoms with Gasteiger partial charge in [0.25, 0.3) is 0 Å². The third kappa shape index (κ3) is 3.21. The van der Waals surface area contributed by atoms with Crippen molar-refractivity contribution in [3.05, 3.63) is 0 Å². The molecule has 0 aromatic rings. The lowest BCUT2D eigenvalue weighted by molar-refractivity contribution is 0.0208. The molecule has 0 aromatic carbocycles. The van der Waals surface area contributed by atoms with Gasteiger partial charge in [0.1, 0.15) is 0 Å². The molecule has 16 heavy (non-hydrogen) atoms. The van der Waals surface area contributed by atoms with Crippen LogP contribution in [-0.2, 0) is 0 Å². The summed E-state index contributed by atoms with van der Waals surface area (Å²) in [5.74, 6) is 0.721. The molecule has 0 spiro atoms. The maximum absolute atomic E-state index is 6.09. The van der Waals surface area contributed by atoms with Gasteiger partial charge in [-0.1, -0.05) is 34.1 Å². The van der Waals surface area contributed by atoms with Crippen molar-refractivity contribution >= 4 is 0 Å². The van der Waals surface area contributed by atoms with Crippen LogP contribution in [-0.4, -0.2) is 30.6 Å². The van der Waals surface area contributed by atoms with Crippen LogP contribution in [0.3, 0.4) is 0 Å². The first-order valence-corrected chi connectivity index (χ1v) is 6.73. The molecule has 1 rings (SSSR count). The topological polar surface area (TPSA) is 29.3 Å². The third-order valence-corrected chi connectivity index (χ3v) is 4.13. The molecule has 0 aliphatic heterocycles. The Kier molecular flexibility index (Phi) is 4.42. The van der Waals surface area contributed by atoms with E-state index >= 15 is 0 Å². The number of hydrogen-bond acceptors (Lipinski definition) is 2. The summed E-state index contributed by atoms with van der Waals surface area (Å²) in [6.45, 7) is 11.3. The molecule has 1 aliphatic rings. The van der Waals surface area contributed by atoms with Crippen molar-refractivity contribution in [3.8, 4) is 0 Å². The van der Waals surface area contributed by atoms with Crippen molar-refractivity contribution in [2.75, 3.05) is 20.1 Å². The average molecular weight is 226 g/mol. The van der Waals surface area contributed by atoms with Gasteiger partial charge in [0.05, 0.1) is 0 Å². The van der Waals surface area contributed by atoms with Crippen LogP contribution in [0.15, 0.2) is 0 Å². The molecule has 2 N–H and O–H groups in total. The van der Waals surface area contributed by atoms with Gasteiger partial charge in [0.15, 0.2) is 0 Å². The standard InChI is InChI=1S/C14H30N2/c1-12(2)9-16(5)14(11-15)8-6-7-13(3,4)10-14/h12H,6-11,15H2,1-5H3. The van der Waals surface area contributed by atoms with E-state index in [1.165, 1.54) is 25.7 Å². The Morgan fingerprint density at radius 3 is 2.31 bits per heavy atom.